The van der Waals surface area contributed by atoms with E-state index in [0.717, 1.165) is 38.5 Å². The van der Waals surface area contributed by atoms with E-state index in [2.05, 4.69) is 31.3 Å². The fourth-order valence-corrected chi connectivity index (χ4v) is 11.9. The third-order valence-electron chi connectivity index (χ3n) is 17.6. The lowest BCUT2D eigenvalue weighted by Gasteiger charge is -2.46. The number of carbonyl (C=O) groups is 1. The van der Waals surface area contributed by atoms with Crippen LogP contribution >= 0.6 is 0 Å². The van der Waals surface area contributed by atoms with Crippen LogP contribution in [0.25, 0.3) is 0 Å². The maximum Gasteiger partial charge on any atom is 0.220 e. The highest BCUT2D eigenvalue weighted by molar-refractivity contribution is 5.76. The number of nitrogens with one attached hydrogen (secondary N) is 1. The van der Waals surface area contributed by atoms with E-state index in [1.165, 1.54) is 257 Å². The molecule has 14 nitrogen and oxygen atoms in total. The summed E-state index contributed by atoms with van der Waals surface area (Å²) in [5, 5.41) is 87.2. The molecule has 14 heteroatoms. The minimum absolute atomic E-state index is 0.233. The van der Waals surface area contributed by atoms with Gasteiger partial charge in [0.25, 0.3) is 0 Å². The SMILES string of the molecule is CCCCCCCCCC/C=C\CCCCCCCCCCCCCCCCCCCCCCCCCCCC(=O)NC(COC1OC(CO)C(OC2OC(CO)C(O)C(O)C2O)C(O)C1O)C(O)/C=C/CCCCCCCCCCCCC. The van der Waals surface area contributed by atoms with E-state index in [-0.39, 0.29) is 18.9 Å². The Morgan fingerprint density at radius 2 is 0.750 bits per heavy atom. The lowest BCUT2D eigenvalue weighted by Crippen LogP contribution is -2.65. The summed E-state index contributed by atoms with van der Waals surface area (Å²) < 4.78 is 22.8. The van der Waals surface area contributed by atoms with Crippen LogP contribution in [0.1, 0.15) is 322 Å². The van der Waals surface area contributed by atoms with Crippen LogP contribution < -0.4 is 5.32 Å². The summed E-state index contributed by atoms with van der Waals surface area (Å²) in [5.74, 6) is -0.233. The quantitative estimate of drug-likeness (QED) is 0.0204. The summed E-state index contributed by atoms with van der Waals surface area (Å²) in [5.41, 5.74) is 0. The normalized spacial score (nSPS) is 23.7. The van der Waals surface area contributed by atoms with Crippen molar-refractivity contribution in [2.45, 2.75) is 396 Å². The maximum atomic E-state index is 13.3. The predicted octanol–water partition coefficient (Wildman–Crippen LogP) is 14.3. The van der Waals surface area contributed by atoms with Crippen molar-refractivity contribution >= 4 is 5.91 Å². The molecule has 2 aliphatic rings. The summed E-state index contributed by atoms with van der Waals surface area (Å²) >= 11 is 0. The van der Waals surface area contributed by atoms with Crippen LogP contribution in [0.2, 0.25) is 0 Å². The number of allylic oxidation sites excluding steroid dienone is 3. The Labute approximate surface area is 513 Å². The molecular weight excluding hydrogens is 1060 g/mol. The molecule has 12 unspecified atom stereocenters. The minimum atomic E-state index is -1.79. The van der Waals surface area contributed by atoms with Crippen molar-refractivity contribution in [3.8, 4) is 0 Å². The molecule has 0 bridgehead atoms. The molecule has 2 aliphatic heterocycles. The lowest BCUT2D eigenvalue weighted by atomic mass is 9.97. The lowest BCUT2D eigenvalue weighted by molar-refractivity contribution is -0.359. The highest BCUT2D eigenvalue weighted by atomic mass is 16.7. The molecule has 1 amide bonds. The Morgan fingerprint density at radius 3 is 1.13 bits per heavy atom. The minimum Gasteiger partial charge on any atom is -0.394 e. The van der Waals surface area contributed by atoms with E-state index in [1.807, 2.05) is 6.08 Å². The van der Waals surface area contributed by atoms with E-state index in [4.69, 9.17) is 18.9 Å². The summed E-state index contributed by atoms with van der Waals surface area (Å²) in [6.45, 7) is 2.82. The second kappa shape index (κ2) is 55.5. The predicted molar refractivity (Wildman–Crippen MR) is 342 cm³/mol. The van der Waals surface area contributed by atoms with Crippen molar-refractivity contribution in [3.63, 3.8) is 0 Å². The third kappa shape index (κ3) is 39.5. The van der Waals surface area contributed by atoms with Gasteiger partial charge in [0, 0.05) is 6.42 Å². The molecule has 0 spiro atoms. The number of carbonyl (C=O) groups excluding carboxylic acids is 1. The second-order valence-electron chi connectivity index (χ2n) is 25.4. The zero-order valence-corrected chi connectivity index (χ0v) is 53.9. The first-order chi connectivity index (χ1) is 41.1. The molecule has 0 aromatic carbocycles. The van der Waals surface area contributed by atoms with Gasteiger partial charge in [-0.3, -0.25) is 4.79 Å². The molecule has 84 heavy (non-hydrogen) atoms. The van der Waals surface area contributed by atoms with Crippen molar-refractivity contribution in [1.82, 2.24) is 5.32 Å². The standard InChI is InChI=1S/C70H133NO13/c1-3-5-7-9-11-13-15-17-18-19-20-21-22-23-24-25-26-27-28-29-30-31-32-33-34-35-36-37-38-39-40-42-44-46-48-50-52-54-62(75)71-58(59(74)53-51-49-47-45-43-41-16-14-12-10-8-6-4-2)57-81-69-67(80)65(78)68(61(56-73)83-69)84-70-66(79)64(77)63(76)60(55-72)82-70/h19-20,51,53,58-61,63-70,72-74,76-80H,3-18,21-50,52,54-57H2,1-2H3,(H,71,75)/b20-19-,53-51+. The fraction of sp³-hybridized carbons (Fsp3) is 0.929. The number of rotatable bonds is 59. The first kappa shape index (κ1) is 78.6. The van der Waals surface area contributed by atoms with Gasteiger partial charge in [0.1, 0.15) is 48.8 Å². The average molecular weight is 1200 g/mol. The van der Waals surface area contributed by atoms with Crippen molar-refractivity contribution in [2.75, 3.05) is 19.8 Å². The average Bonchev–Trinajstić information content (AvgIpc) is 2.58. The summed E-state index contributed by atoms with van der Waals surface area (Å²) in [6.07, 6.45) is 52.7. The first-order valence-electron chi connectivity index (χ1n) is 35.6. The molecule has 12 atom stereocenters. The molecule has 0 saturated carbocycles. The molecule has 0 aliphatic carbocycles. The van der Waals surface area contributed by atoms with E-state index in [0.29, 0.717) is 6.42 Å². The molecule has 0 aromatic rings. The van der Waals surface area contributed by atoms with Gasteiger partial charge in [-0.05, 0) is 44.9 Å². The van der Waals surface area contributed by atoms with Crippen LogP contribution in [0.5, 0.6) is 0 Å². The summed E-state index contributed by atoms with van der Waals surface area (Å²) in [6, 6.07) is -0.911. The number of amides is 1. The Kier molecular flexibility index (Phi) is 51.9. The van der Waals surface area contributed by atoms with E-state index in [1.54, 1.807) is 6.08 Å². The van der Waals surface area contributed by atoms with Gasteiger partial charge in [0.15, 0.2) is 12.6 Å². The number of hydrogen-bond donors (Lipinski definition) is 9. The molecule has 0 radical (unpaired) electrons. The van der Waals surface area contributed by atoms with E-state index < -0.39 is 86.8 Å². The Bertz CT molecular complexity index is 1500. The van der Waals surface area contributed by atoms with Crippen LogP contribution in [0.3, 0.4) is 0 Å². The first-order valence-corrected chi connectivity index (χ1v) is 35.6. The van der Waals surface area contributed by atoms with Crippen LogP contribution in [0, 0.1) is 0 Å². The third-order valence-corrected chi connectivity index (χ3v) is 17.6. The van der Waals surface area contributed by atoms with Gasteiger partial charge in [0.2, 0.25) is 5.91 Å². The number of hydrogen-bond acceptors (Lipinski definition) is 13. The largest absolute Gasteiger partial charge is 0.394 e. The molecule has 9 N–H and O–H groups in total. The van der Waals surface area contributed by atoms with Crippen LogP contribution in [0.15, 0.2) is 24.3 Å². The van der Waals surface area contributed by atoms with Crippen molar-refractivity contribution in [3.05, 3.63) is 24.3 Å². The van der Waals surface area contributed by atoms with Gasteiger partial charge < -0.3 is 65.1 Å². The molecule has 2 heterocycles. The van der Waals surface area contributed by atoms with Gasteiger partial charge in [-0.15, -0.1) is 0 Å². The molecule has 2 fully saturated rings. The van der Waals surface area contributed by atoms with E-state index >= 15 is 0 Å². The van der Waals surface area contributed by atoms with Crippen LogP contribution in [-0.2, 0) is 23.7 Å². The number of aliphatic hydroxyl groups is 8. The Balaban J connectivity index is 1.56. The van der Waals surface area contributed by atoms with Crippen molar-refractivity contribution in [2.24, 2.45) is 0 Å². The zero-order valence-electron chi connectivity index (χ0n) is 53.9. The molecule has 0 aromatic heterocycles. The monoisotopic (exact) mass is 1200 g/mol. The highest BCUT2D eigenvalue weighted by Crippen LogP contribution is 2.30. The summed E-state index contributed by atoms with van der Waals surface area (Å²) in [4.78, 5) is 13.3. The smallest absolute Gasteiger partial charge is 0.220 e. The molecule has 2 saturated heterocycles. The van der Waals surface area contributed by atoms with Gasteiger partial charge in [-0.25, -0.2) is 0 Å². The highest BCUT2D eigenvalue weighted by Gasteiger charge is 2.51. The van der Waals surface area contributed by atoms with E-state index in [9.17, 15) is 45.6 Å². The van der Waals surface area contributed by atoms with Gasteiger partial charge in [-0.1, -0.05) is 295 Å². The van der Waals surface area contributed by atoms with Gasteiger partial charge in [-0.2, -0.15) is 0 Å². The number of ether oxygens (including phenoxy) is 4. The maximum absolute atomic E-state index is 13.3. The Morgan fingerprint density at radius 1 is 0.417 bits per heavy atom. The van der Waals surface area contributed by atoms with Crippen LogP contribution in [0.4, 0.5) is 0 Å². The Hall–Kier alpha value is -1.53. The molecule has 496 valence electrons. The summed E-state index contributed by atoms with van der Waals surface area (Å²) in [7, 11) is 0. The van der Waals surface area contributed by atoms with Gasteiger partial charge >= 0.3 is 0 Å². The molecular formula is C70H133NO13. The second-order valence-corrected chi connectivity index (χ2v) is 25.4. The number of unbranched alkanes of at least 4 members (excludes halogenated alkanes) is 44. The number of aliphatic hydroxyl groups excluding tert-OH is 8. The van der Waals surface area contributed by atoms with Crippen molar-refractivity contribution in [1.29, 1.82) is 0 Å². The molecule has 2 rings (SSSR count). The topological polar surface area (TPSA) is 228 Å². The fourth-order valence-electron chi connectivity index (χ4n) is 11.9. The zero-order chi connectivity index (χ0) is 60.9. The van der Waals surface area contributed by atoms with Gasteiger partial charge in [0.05, 0.1) is 32.0 Å². The van der Waals surface area contributed by atoms with Crippen LogP contribution in [-0.4, -0.2) is 140 Å². The van der Waals surface area contributed by atoms with Crippen molar-refractivity contribution < 1.29 is 64.6 Å².